The van der Waals surface area contributed by atoms with Crippen LogP contribution >= 0.6 is 23.1 Å². The Bertz CT molecular complexity index is 1080. The van der Waals surface area contributed by atoms with Crippen LogP contribution < -0.4 is 10.2 Å². The van der Waals surface area contributed by atoms with E-state index >= 15 is 0 Å². The number of aryl methyl sites for hydroxylation is 1. The summed E-state index contributed by atoms with van der Waals surface area (Å²) in [5.41, 5.74) is 2.17. The molecule has 1 aromatic carbocycles. The largest absolute Gasteiger partial charge is 0.441 e. The number of carbonyl (C=O) groups is 1. The van der Waals surface area contributed by atoms with Crippen molar-refractivity contribution in [2.75, 3.05) is 23.3 Å². The van der Waals surface area contributed by atoms with Crippen LogP contribution in [0, 0.1) is 6.92 Å². The zero-order chi connectivity index (χ0) is 19.1. The molecule has 1 saturated heterocycles. The number of hydrogen-bond acceptors (Lipinski definition) is 7. The maximum absolute atomic E-state index is 12.7. The lowest BCUT2D eigenvalue weighted by molar-refractivity contribution is -0.112. The van der Waals surface area contributed by atoms with Gasteiger partial charge in [-0.05, 0) is 31.4 Å². The van der Waals surface area contributed by atoms with E-state index in [1.807, 2.05) is 31.2 Å². The summed E-state index contributed by atoms with van der Waals surface area (Å²) in [5, 5.41) is 5.03. The summed E-state index contributed by atoms with van der Waals surface area (Å²) >= 11 is 3.22. The Labute approximate surface area is 171 Å². The summed E-state index contributed by atoms with van der Waals surface area (Å²) < 4.78 is 5.55. The summed E-state index contributed by atoms with van der Waals surface area (Å²) in [6.07, 6.45) is 6.53. The van der Waals surface area contributed by atoms with Crippen LogP contribution in [0.4, 0.5) is 10.8 Å². The number of allylic oxidation sites excluding steroid dienone is 1. The Morgan fingerprint density at radius 3 is 2.93 bits per heavy atom. The Hall–Kier alpha value is -2.32. The van der Waals surface area contributed by atoms with Crippen molar-refractivity contribution < 1.29 is 9.21 Å². The maximum atomic E-state index is 12.7. The third-order valence-electron chi connectivity index (χ3n) is 4.93. The van der Waals surface area contributed by atoms with Crippen LogP contribution in [0.5, 0.6) is 0 Å². The number of anilines is 2. The molecular formula is C20H20N4O2S2. The molecule has 2 aliphatic heterocycles. The van der Waals surface area contributed by atoms with Gasteiger partial charge in [-0.2, -0.15) is 0 Å². The molecule has 2 aliphatic rings. The first-order chi connectivity index (χ1) is 13.7. The molecule has 1 N–H and O–H groups in total. The quantitative estimate of drug-likeness (QED) is 0.669. The summed E-state index contributed by atoms with van der Waals surface area (Å²) in [5.74, 6) is 0.503. The normalized spacial score (nSPS) is 16.8. The van der Waals surface area contributed by atoms with Crippen LogP contribution in [0.3, 0.4) is 0 Å². The molecule has 4 heterocycles. The number of nitrogens with zero attached hydrogens (tertiary/aromatic N) is 3. The van der Waals surface area contributed by atoms with Gasteiger partial charge in [-0.25, -0.2) is 9.97 Å². The molecule has 0 unspecified atom stereocenters. The number of carbonyl (C=O) groups excluding carboxylic acids is 1. The lowest BCUT2D eigenvalue weighted by Gasteiger charge is -2.25. The van der Waals surface area contributed by atoms with Crippen LogP contribution in [0.2, 0.25) is 0 Å². The van der Waals surface area contributed by atoms with Crippen molar-refractivity contribution in [3.8, 4) is 0 Å². The fraction of sp³-hybridized carbons (Fsp3) is 0.350. The first-order valence-corrected chi connectivity index (χ1v) is 11.1. The van der Waals surface area contributed by atoms with Gasteiger partial charge in [-0.1, -0.05) is 17.8 Å². The van der Waals surface area contributed by atoms with E-state index in [9.17, 15) is 4.79 Å². The number of piperidine rings is 1. The zero-order valence-electron chi connectivity index (χ0n) is 15.5. The predicted octanol–water partition coefficient (Wildman–Crippen LogP) is 4.75. The number of amides is 1. The van der Waals surface area contributed by atoms with Gasteiger partial charge in [-0.15, -0.1) is 11.3 Å². The minimum Gasteiger partial charge on any atom is -0.441 e. The first-order valence-electron chi connectivity index (χ1n) is 9.47. The molecule has 1 fully saturated rings. The SMILES string of the molecule is Cc1nc2ccc(NC(=O)C3=CCc4sc(N5CCCCC5)nc4S3)cc2o1. The zero-order valence-corrected chi connectivity index (χ0v) is 17.2. The fourth-order valence-corrected chi connectivity index (χ4v) is 5.66. The van der Waals surface area contributed by atoms with Crippen molar-refractivity contribution in [3.05, 3.63) is 39.9 Å². The average Bonchev–Trinajstić information content (AvgIpc) is 3.30. The minimum atomic E-state index is -0.112. The molecule has 0 atom stereocenters. The molecule has 144 valence electrons. The molecule has 8 heteroatoms. The van der Waals surface area contributed by atoms with Crippen molar-refractivity contribution in [2.45, 2.75) is 37.6 Å². The Kier molecular flexibility index (Phi) is 4.60. The standard InChI is InChI=1S/C20H20N4O2S2/c1-12-21-14-6-5-13(11-15(14)26-12)22-18(25)16-7-8-17-19(27-16)23-20(28-17)24-9-3-2-4-10-24/h5-7,11H,2-4,8-10H2,1H3,(H,22,25). The van der Waals surface area contributed by atoms with Crippen molar-refractivity contribution in [3.63, 3.8) is 0 Å². The van der Waals surface area contributed by atoms with Crippen molar-refractivity contribution in [2.24, 2.45) is 0 Å². The molecule has 28 heavy (non-hydrogen) atoms. The number of aromatic nitrogens is 2. The van der Waals surface area contributed by atoms with Gasteiger partial charge in [0.15, 0.2) is 16.6 Å². The smallest absolute Gasteiger partial charge is 0.262 e. The number of oxazole rings is 1. The maximum Gasteiger partial charge on any atom is 0.262 e. The number of fused-ring (bicyclic) bond motifs is 2. The van der Waals surface area contributed by atoms with E-state index < -0.39 is 0 Å². The molecule has 0 aliphatic carbocycles. The number of hydrogen-bond donors (Lipinski definition) is 1. The van der Waals surface area contributed by atoms with E-state index in [1.54, 1.807) is 11.3 Å². The molecule has 0 spiro atoms. The highest BCUT2D eigenvalue weighted by atomic mass is 32.2. The molecule has 0 saturated carbocycles. The van der Waals surface area contributed by atoms with Gasteiger partial charge in [0.2, 0.25) is 0 Å². The third-order valence-corrected chi connectivity index (χ3v) is 7.30. The second kappa shape index (κ2) is 7.25. The Morgan fingerprint density at radius 2 is 2.07 bits per heavy atom. The molecule has 0 bridgehead atoms. The number of benzene rings is 1. The molecule has 5 rings (SSSR count). The van der Waals surface area contributed by atoms with E-state index in [4.69, 9.17) is 9.40 Å². The number of thioether (sulfide) groups is 1. The monoisotopic (exact) mass is 412 g/mol. The topological polar surface area (TPSA) is 71.3 Å². The van der Waals surface area contributed by atoms with Gasteiger partial charge in [-0.3, -0.25) is 4.79 Å². The van der Waals surface area contributed by atoms with E-state index in [1.165, 1.54) is 35.9 Å². The van der Waals surface area contributed by atoms with E-state index in [2.05, 4.69) is 15.2 Å². The van der Waals surface area contributed by atoms with E-state index in [-0.39, 0.29) is 5.91 Å². The van der Waals surface area contributed by atoms with Gasteiger partial charge in [0.05, 0.1) is 4.91 Å². The van der Waals surface area contributed by atoms with Gasteiger partial charge >= 0.3 is 0 Å². The predicted molar refractivity (Wildman–Crippen MR) is 113 cm³/mol. The molecule has 2 aromatic heterocycles. The molecule has 0 radical (unpaired) electrons. The average molecular weight is 413 g/mol. The van der Waals surface area contributed by atoms with Crippen LogP contribution in [-0.2, 0) is 11.2 Å². The second-order valence-corrected chi connectivity index (χ2v) is 9.11. The lowest BCUT2D eigenvalue weighted by atomic mass is 10.1. The highest BCUT2D eigenvalue weighted by Crippen LogP contribution is 2.41. The number of nitrogens with one attached hydrogen (secondary N) is 1. The lowest BCUT2D eigenvalue weighted by Crippen LogP contribution is -2.29. The summed E-state index contributed by atoms with van der Waals surface area (Å²) in [6.45, 7) is 3.98. The van der Waals surface area contributed by atoms with Gasteiger partial charge in [0.1, 0.15) is 10.5 Å². The summed E-state index contributed by atoms with van der Waals surface area (Å²) in [4.78, 5) is 26.2. The van der Waals surface area contributed by atoms with Gasteiger partial charge in [0, 0.05) is 43.1 Å². The Balaban J connectivity index is 1.29. The molecule has 1 amide bonds. The molecular weight excluding hydrogens is 392 g/mol. The van der Waals surface area contributed by atoms with Crippen molar-refractivity contribution in [1.29, 1.82) is 0 Å². The molecule has 3 aromatic rings. The fourth-order valence-electron chi connectivity index (χ4n) is 3.54. The molecule has 6 nitrogen and oxygen atoms in total. The van der Waals surface area contributed by atoms with Crippen LogP contribution in [-0.4, -0.2) is 29.0 Å². The van der Waals surface area contributed by atoms with Gasteiger partial charge in [0.25, 0.3) is 5.91 Å². The highest BCUT2D eigenvalue weighted by Gasteiger charge is 2.24. The van der Waals surface area contributed by atoms with Crippen molar-refractivity contribution in [1.82, 2.24) is 9.97 Å². The van der Waals surface area contributed by atoms with Crippen molar-refractivity contribution >= 4 is 50.9 Å². The second-order valence-electron chi connectivity index (χ2n) is 7.02. The van der Waals surface area contributed by atoms with Crippen LogP contribution in [0.15, 0.2) is 38.6 Å². The van der Waals surface area contributed by atoms with Crippen LogP contribution in [0.25, 0.3) is 11.1 Å². The van der Waals surface area contributed by atoms with Crippen LogP contribution in [0.1, 0.15) is 30.0 Å². The summed E-state index contributed by atoms with van der Waals surface area (Å²) in [6, 6.07) is 5.51. The highest BCUT2D eigenvalue weighted by molar-refractivity contribution is 8.04. The number of thiazole rings is 1. The summed E-state index contributed by atoms with van der Waals surface area (Å²) in [7, 11) is 0. The number of rotatable bonds is 3. The first kappa shape index (κ1) is 17.8. The minimum absolute atomic E-state index is 0.112. The third kappa shape index (κ3) is 3.42. The van der Waals surface area contributed by atoms with Gasteiger partial charge < -0.3 is 14.6 Å². The van der Waals surface area contributed by atoms with E-state index in [0.717, 1.165) is 35.2 Å². The Morgan fingerprint density at radius 1 is 1.21 bits per heavy atom. The van der Waals surface area contributed by atoms with E-state index in [0.29, 0.717) is 22.1 Å².